The number of thioether (sulfide) groups is 1. The van der Waals surface area contributed by atoms with Gasteiger partial charge in [-0.3, -0.25) is 4.79 Å². The van der Waals surface area contributed by atoms with Crippen molar-refractivity contribution in [2.75, 3.05) is 5.75 Å². The summed E-state index contributed by atoms with van der Waals surface area (Å²) in [6.45, 7) is 0. The molecule has 0 saturated carbocycles. The topological polar surface area (TPSA) is 83.0 Å². The molecule has 7 heteroatoms. The van der Waals surface area contributed by atoms with E-state index in [1.54, 1.807) is 11.8 Å². The van der Waals surface area contributed by atoms with Crippen LogP contribution in [0.4, 0.5) is 0 Å². The monoisotopic (exact) mass is 268 g/mol. The van der Waals surface area contributed by atoms with E-state index < -0.39 is 5.97 Å². The fourth-order valence-electron chi connectivity index (χ4n) is 1.90. The lowest BCUT2D eigenvalue weighted by Gasteiger charge is -2.08. The molecule has 0 saturated heterocycles. The van der Waals surface area contributed by atoms with E-state index in [0.717, 1.165) is 28.4 Å². The Balaban J connectivity index is 2.34. The SMILES string of the molecule is O=C(O)c1nc2sc3c(c2c(=O)[nH]1)CCCS3. The Morgan fingerprint density at radius 3 is 3.06 bits per heavy atom. The Morgan fingerprint density at radius 2 is 2.29 bits per heavy atom. The van der Waals surface area contributed by atoms with Crippen molar-refractivity contribution >= 4 is 39.3 Å². The maximum atomic E-state index is 11.9. The molecule has 0 fully saturated rings. The van der Waals surface area contributed by atoms with E-state index >= 15 is 0 Å². The van der Waals surface area contributed by atoms with Crippen LogP contribution in [0.5, 0.6) is 0 Å². The number of hydrogen-bond acceptors (Lipinski definition) is 5. The highest BCUT2D eigenvalue weighted by Gasteiger charge is 2.21. The van der Waals surface area contributed by atoms with Gasteiger partial charge in [0, 0.05) is 0 Å². The summed E-state index contributed by atoms with van der Waals surface area (Å²) in [6, 6.07) is 0. The van der Waals surface area contributed by atoms with Gasteiger partial charge in [-0.2, -0.15) is 0 Å². The molecule has 0 amide bonds. The van der Waals surface area contributed by atoms with E-state index in [1.165, 1.54) is 11.3 Å². The quantitative estimate of drug-likeness (QED) is 0.822. The zero-order valence-electron chi connectivity index (χ0n) is 8.65. The summed E-state index contributed by atoms with van der Waals surface area (Å²) in [5, 5.41) is 9.41. The van der Waals surface area contributed by atoms with Crippen LogP contribution < -0.4 is 5.56 Å². The first-order valence-electron chi connectivity index (χ1n) is 5.08. The number of hydrogen-bond donors (Lipinski definition) is 2. The molecular formula is C10H8N2O3S2. The van der Waals surface area contributed by atoms with Crippen molar-refractivity contribution in [3.63, 3.8) is 0 Å². The van der Waals surface area contributed by atoms with Crippen LogP contribution in [0.1, 0.15) is 22.6 Å². The Kier molecular flexibility index (Phi) is 2.44. The van der Waals surface area contributed by atoms with Gasteiger partial charge in [-0.1, -0.05) is 0 Å². The van der Waals surface area contributed by atoms with E-state index in [4.69, 9.17) is 5.11 Å². The lowest BCUT2D eigenvalue weighted by molar-refractivity contribution is 0.0683. The molecule has 0 aliphatic carbocycles. The molecule has 2 aromatic heterocycles. The van der Waals surface area contributed by atoms with Gasteiger partial charge in [-0.05, 0) is 24.2 Å². The summed E-state index contributed by atoms with van der Waals surface area (Å²) in [6.07, 6.45) is 1.92. The van der Waals surface area contributed by atoms with Crippen molar-refractivity contribution in [3.8, 4) is 0 Å². The molecule has 0 radical (unpaired) electrons. The molecule has 1 aliphatic rings. The number of nitrogens with one attached hydrogen (secondary N) is 1. The van der Waals surface area contributed by atoms with E-state index in [0.29, 0.717) is 10.2 Å². The summed E-state index contributed by atoms with van der Waals surface area (Å²) in [5.41, 5.74) is 0.694. The second-order valence-corrected chi connectivity index (χ2v) is 6.08. The van der Waals surface area contributed by atoms with Crippen molar-refractivity contribution in [1.29, 1.82) is 0 Å². The number of aryl methyl sites for hydroxylation is 1. The van der Waals surface area contributed by atoms with E-state index in [-0.39, 0.29) is 11.4 Å². The Bertz CT molecular complexity index is 674. The van der Waals surface area contributed by atoms with Gasteiger partial charge in [0.2, 0.25) is 5.82 Å². The van der Waals surface area contributed by atoms with Crippen LogP contribution >= 0.6 is 23.1 Å². The van der Waals surface area contributed by atoms with Crippen molar-refractivity contribution < 1.29 is 9.90 Å². The molecule has 0 aromatic carbocycles. The zero-order chi connectivity index (χ0) is 12.0. The number of aromatic carboxylic acids is 1. The van der Waals surface area contributed by atoms with Crippen LogP contribution in [-0.4, -0.2) is 26.8 Å². The lowest BCUT2D eigenvalue weighted by Crippen LogP contribution is -2.15. The highest BCUT2D eigenvalue weighted by Crippen LogP contribution is 2.39. The number of aromatic nitrogens is 2. The third-order valence-corrected chi connectivity index (χ3v) is 5.16. The van der Waals surface area contributed by atoms with Gasteiger partial charge in [0.05, 0.1) is 9.60 Å². The molecule has 2 N–H and O–H groups in total. The van der Waals surface area contributed by atoms with Crippen LogP contribution in [0.2, 0.25) is 0 Å². The zero-order valence-corrected chi connectivity index (χ0v) is 10.3. The molecule has 17 heavy (non-hydrogen) atoms. The van der Waals surface area contributed by atoms with E-state index in [2.05, 4.69) is 9.97 Å². The standard InChI is InChI=1S/C10H8N2O3S2/c13-7-5-4-2-1-3-16-10(4)17-8(5)12-6(11-7)9(14)15/h1-3H2,(H,14,15)(H,11,12,13). The molecule has 2 aromatic rings. The molecular weight excluding hydrogens is 260 g/mol. The fraction of sp³-hybridized carbons (Fsp3) is 0.300. The van der Waals surface area contributed by atoms with Crippen LogP contribution in [0, 0.1) is 0 Å². The molecule has 0 atom stereocenters. The van der Waals surface area contributed by atoms with Crippen LogP contribution in [0.3, 0.4) is 0 Å². The maximum absolute atomic E-state index is 11.9. The first-order valence-corrected chi connectivity index (χ1v) is 6.89. The number of aromatic amines is 1. The van der Waals surface area contributed by atoms with Gasteiger partial charge in [0.15, 0.2) is 0 Å². The van der Waals surface area contributed by atoms with Gasteiger partial charge < -0.3 is 10.1 Å². The second-order valence-electron chi connectivity index (χ2n) is 3.72. The number of H-pyrrole nitrogens is 1. The largest absolute Gasteiger partial charge is 0.475 e. The number of rotatable bonds is 1. The van der Waals surface area contributed by atoms with Crippen molar-refractivity contribution in [2.45, 2.75) is 17.1 Å². The number of carbonyl (C=O) groups is 1. The number of fused-ring (bicyclic) bond motifs is 3. The van der Waals surface area contributed by atoms with Crippen molar-refractivity contribution in [3.05, 3.63) is 21.7 Å². The molecule has 0 unspecified atom stereocenters. The minimum Gasteiger partial charge on any atom is -0.475 e. The predicted molar refractivity (Wildman–Crippen MR) is 66.2 cm³/mol. The summed E-state index contributed by atoms with van der Waals surface area (Å²) in [7, 11) is 0. The summed E-state index contributed by atoms with van der Waals surface area (Å²) >= 11 is 3.13. The molecule has 88 valence electrons. The number of nitrogens with zero attached hydrogens (tertiary/aromatic N) is 1. The smallest absolute Gasteiger partial charge is 0.372 e. The number of carboxylic acids is 1. The molecule has 0 bridgehead atoms. The maximum Gasteiger partial charge on any atom is 0.372 e. The van der Waals surface area contributed by atoms with Crippen molar-refractivity contribution in [2.24, 2.45) is 0 Å². The Labute approximate surface area is 104 Å². The van der Waals surface area contributed by atoms with Gasteiger partial charge >= 0.3 is 5.97 Å². The van der Waals surface area contributed by atoms with Gasteiger partial charge in [0.25, 0.3) is 5.56 Å². The van der Waals surface area contributed by atoms with Crippen LogP contribution in [-0.2, 0) is 6.42 Å². The minimum absolute atomic E-state index is 0.286. The average molecular weight is 268 g/mol. The average Bonchev–Trinajstić information content (AvgIpc) is 2.67. The van der Waals surface area contributed by atoms with E-state index in [9.17, 15) is 9.59 Å². The Morgan fingerprint density at radius 1 is 1.47 bits per heavy atom. The molecule has 0 spiro atoms. The third-order valence-electron chi connectivity index (χ3n) is 2.63. The number of carboxylic acid groups (broad SMARTS) is 1. The van der Waals surface area contributed by atoms with Crippen LogP contribution in [0.15, 0.2) is 9.00 Å². The van der Waals surface area contributed by atoms with Crippen molar-refractivity contribution in [1.82, 2.24) is 9.97 Å². The third kappa shape index (κ3) is 1.66. The first-order chi connectivity index (χ1) is 8.16. The summed E-state index contributed by atoms with van der Waals surface area (Å²) < 4.78 is 1.10. The van der Waals surface area contributed by atoms with Gasteiger partial charge in [0.1, 0.15) is 4.83 Å². The fourth-order valence-corrected chi connectivity index (χ4v) is 4.44. The summed E-state index contributed by atoms with van der Waals surface area (Å²) in [5.74, 6) is -0.446. The second kappa shape index (κ2) is 3.85. The molecule has 3 rings (SSSR count). The highest BCUT2D eigenvalue weighted by molar-refractivity contribution is 8.01. The lowest BCUT2D eigenvalue weighted by atomic mass is 10.1. The first kappa shape index (κ1) is 10.8. The molecule has 1 aliphatic heterocycles. The highest BCUT2D eigenvalue weighted by atomic mass is 32.2. The van der Waals surface area contributed by atoms with Gasteiger partial charge in [-0.25, -0.2) is 9.78 Å². The number of thiophene rings is 1. The molecule has 5 nitrogen and oxygen atoms in total. The normalized spacial score (nSPS) is 14.8. The summed E-state index contributed by atoms with van der Waals surface area (Å²) in [4.78, 5) is 29.5. The molecule has 3 heterocycles. The predicted octanol–water partition coefficient (Wildman–Crippen LogP) is 1.72. The Hall–Kier alpha value is -1.34. The van der Waals surface area contributed by atoms with Gasteiger partial charge in [-0.15, -0.1) is 23.1 Å². The van der Waals surface area contributed by atoms with Crippen LogP contribution in [0.25, 0.3) is 10.2 Å². The minimum atomic E-state index is -1.21. The van der Waals surface area contributed by atoms with E-state index in [1.807, 2.05) is 0 Å².